The van der Waals surface area contributed by atoms with Crippen LogP contribution in [0.15, 0.2) is 48.5 Å². The summed E-state index contributed by atoms with van der Waals surface area (Å²) in [6, 6.07) is 13.7. The topological polar surface area (TPSA) is 72.7 Å². The lowest BCUT2D eigenvalue weighted by Gasteiger charge is -2.24. The van der Waals surface area contributed by atoms with Crippen LogP contribution in [-0.2, 0) is 4.79 Å². The van der Waals surface area contributed by atoms with Gasteiger partial charge in [0.15, 0.2) is 0 Å². The monoisotopic (exact) mass is 344 g/mol. The Labute approximate surface area is 143 Å². The highest BCUT2D eigenvalue weighted by molar-refractivity contribution is 8.00. The fourth-order valence-electron chi connectivity index (χ4n) is 2.58. The Morgan fingerprint density at radius 2 is 1.88 bits per heavy atom. The molecule has 1 heterocycles. The maximum Gasteiger partial charge on any atom is 0.269 e. The highest BCUT2D eigenvalue weighted by Gasteiger charge is 2.34. The second-order valence-corrected chi connectivity index (χ2v) is 6.27. The predicted molar refractivity (Wildman–Crippen MR) is 93.4 cm³/mol. The Bertz CT molecular complexity index is 746. The zero-order valence-corrected chi connectivity index (χ0v) is 13.9. The normalized spacial score (nSPS) is 17.1. The smallest absolute Gasteiger partial charge is 0.269 e. The van der Waals surface area contributed by atoms with E-state index in [9.17, 15) is 14.9 Å². The van der Waals surface area contributed by atoms with Crippen LogP contribution >= 0.6 is 11.8 Å². The number of nitro benzene ring substituents is 1. The highest BCUT2D eigenvalue weighted by Crippen LogP contribution is 2.42. The summed E-state index contributed by atoms with van der Waals surface area (Å²) in [5.74, 6) is 1.16. The Hall–Kier alpha value is -2.54. The van der Waals surface area contributed by atoms with Crippen molar-refractivity contribution in [3.05, 3.63) is 64.2 Å². The van der Waals surface area contributed by atoms with E-state index in [2.05, 4.69) is 0 Å². The van der Waals surface area contributed by atoms with E-state index in [1.807, 2.05) is 31.2 Å². The number of hydrogen-bond donors (Lipinski definition) is 0. The van der Waals surface area contributed by atoms with Crippen LogP contribution in [0.2, 0.25) is 0 Å². The van der Waals surface area contributed by atoms with Crippen LogP contribution in [0.1, 0.15) is 17.9 Å². The van der Waals surface area contributed by atoms with Gasteiger partial charge in [-0.25, -0.2) is 0 Å². The van der Waals surface area contributed by atoms with Crippen molar-refractivity contribution >= 4 is 29.0 Å². The number of amides is 1. The number of nitrogens with zero attached hydrogens (tertiary/aromatic N) is 2. The van der Waals surface area contributed by atoms with E-state index in [0.29, 0.717) is 12.4 Å². The van der Waals surface area contributed by atoms with Gasteiger partial charge in [0.2, 0.25) is 5.91 Å². The first-order valence-electron chi connectivity index (χ1n) is 7.51. The van der Waals surface area contributed by atoms with Crippen LogP contribution < -0.4 is 9.64 Å². The molecule has 0 aromatic heterocycles. The van der Waals surface area contributed by atoms with Crippen LogP contribution in [0.25, 0.3) is 0 Å². The molecule has 124 valence electrons. The third-order valence-corrected chi connectivity index (χ3v) is 4.90. The molecule has 1 aliphatic rings. The summed E-state index contributed by atoms with van der Waals surface area (Å²) in [7, 11) is 0. The van der Waals surface area contributed by atoms with E-state index in [0.717, 1.165) is 17.0 Å². The van der Waals surface area contributed by atoms with Crippen molar-refractivity contribution in [1.29, 1.82) is 0 Å². The molecule has 0 bridgehead atoms. The summed E-state index contributed by atoms with van der Waals surface area (Å²) < 4.78 is 5.42. The lowest BCUT2D eigenvalue weighted by Crippen LogP contribution is -2.27. The largest absolute Gasteiger partial charge is 0.494 e. The van der Waals surface area contributed by atoms with Crippen LogP contribution in [-0.4, -0.2) is 23.2 Å². The van der Waals surface area contributed by atoms with Crippen molar-refractivity contribution in [3.63, 3.8) is 0 Å². The van der Waals surface area contributed by atoms with Crippen LogP contribution in [0.3, 0.4) is 0 Å². The van der Waals surface area contributed by atoms with E-state index >= 15 is 0 Å². The van der Waals surface area contributed by atoms with Gasteiger partial charge in [-0.2, -0.15) is 0 Å². The summed E-state index contributed by atoms with van der Waals surface area (Å²) in [5, 5.41) is 10.6. The number of nitro groups is 1. The molecule has 24 heavy (non-hydrogen) atoms. The second-order valence-electron chi connectivity index (χ2n) is 5.20. The Morgan fingerprint density at radius 3 is 2.46 bits per heavy atom. The maximum absolute atomic E-state index is 12.3. The summed E-state index contributed by atoms with van der Waals surface area (Å²) in [6.07, 6.45) is 0. The van der Waals surface area contributed by atoms with Crippen molar-refractivity contribution in [2.24, 2.45) is 0 Å². The van der Waals surface area contributed by atoms with Gasteiger partial charge in [-0.05, 0) is 48.9 Å². The molecule has 0 spiro atoms. The van der Waals surface area contributed by atoms with E-state index < -0.39 is 4.92 Å². The third-order valence-electron chi connectivity index (χ3n) is 3.68. The molecule has 3 rings (SSSR count). The van der Waals surface area contributed by atoms with Crippen LogP contribution in [0.4, 0.5) is 11.4 Å². The van der Waals surface area contributed by atoms with E-state index in [1.165, 1.54) is 23.9 Å². The number of carbonyl (C=O) groups excluding carboxylic acids is 1. The molecule has 1 aliphatic heterocycles. The Morgan fingerprint density at radius 1 is 1.21 bits per heavy atom. The molecule has 1 fully saturated rings. The number of non-ortho nitro benzene ring substituents is 1. The number of anilines is 1. The summed E-state index contributed by atoms with van der Waals surface area (Å²) in [4.78, 5) is 24.4. The zero-order valence-electron chi connectivity index (χ0n) is 13.0. The van der Waals surface area contributed by atoms with Crippen LogP contribution in [0.5, 0.6) is 5.75 Å². The highest BCUT2D eigenvalue weighted by atomic mass is 32.2. The first kappa shape index (κ1) is 16.3. The molecule has 0 radical (unpaired) electrons. The van der Waals surface area contributed by atoms with E-state index in [1.54, 1.807) is 17.0 Å². The number of ether oxygens (including phenoxy) is 1. The molecule has 2 aromatic carbocycles. The number of hydrogen-bond acceptors (Lipinski definition) is 5. The van der Waals surface area contributed by atoms with Gasteiger partial charge >= 0.3 is 0 Å². The lowest BCUT2D eigenvalue weighted by atomic mass is 10.1. The summed E-state index contributed by atoms with van der Waals surface area (Å²) in [6.45, 7) is 2.50. The Kier molecular flexibility index (Phi) is 4.71. The SMILES string of the molecule is CCOc1ccc(N2C(=O)CSC2c2ccc([N+](=O)[O-])cc2)cc1. The molecule has 1 unspecified atom stereocenters. The van der Waals surface area contributed by atoms with E-state index in [-0.39, 0.29) is 17.0 Å². The minimum Gasteiger partial charge on any atom is -0.494 e. The van der Waals surface area contributed by atoms with Gasteiger partial charge < -0.3 is 4.74 Å². The van der Waals surface area contributed by atoms with Crippen LogP contribution in [0, 0.1) is 10.1 Å². The molecule has 0 aliphatic carbocycles. The molecule has 0 saturated carbocycles. The number of thioether (sulfide) groups is 1. The number of carbonyl (C=O) groups is 1. The Balaban J connectivity index is 1.87. The minimum atomic E-state index is -0.430. The molecule has 1 atom stereocenters. The zero-order chi connectivity index (χ0) is 17.1. The first-order valence-corrected chi connectivity index (χ1v) is 8.56. The fourth-order valence-corrected chi connectivity index (χ4v) is 3.76. The van der Waals surface area contributed by atoms with Crippen molar-refractivity contribution in [3.8, 4) is 5.75 Å². The van der Waals surface area contributed by atoms with E-state index in [4.69, 9.17) is 4.74 Å². The van der Waals surface area contributed by atoms with Crippen molar-refractivity contribution in [1.82, 2.24) is 0 Å². The standard InChI is InChI=1S/C17H16N2O4S/c1-2-23-15-9-7-13(8-10-15)18-16(20)11-24-17(18)12-3-5-14(6-4-12)19(21)22/h3-10,17H,2,11H2,1H3. The molecular weight excluding hydrogens is 328 g/mol. The molecule has 1 saturated heterocycles. The van der Waals surface area contributed by atoms with Crippen molar-refractivity contribution < 1.29 is 14.5 Å². The predicted octanol–water partition coefficient (Wildman–Crippen LogP) is 3.77. The minimum absolute atomic E-state index is 0.0208. The van der Waals surface area contributed by atoms with Gasteiger partial charge in [0.05, 0.1) is 17.3 Å². The molecular formula is C17H16N2O4S. The summed E-state index contributed by atoms with van der Waals surface area (Å²) >= 11 is 1.51. The molecule has 1 amide bonds. The maximum atomic E-state index is 12.3. The van der Waals surface area contributed by atoms with Crippen molar-refractivity contribution in [2.45, 2.75) is 12.3 Å². The average molecular weight is 344 g/mol. The molecule has 0 N–H and O–H groups in total. The van der Waals surface area contributed by atoms with Crippen molar-refractivity contribution in [2.75, 3.05) is 17.3 Å². The van der Waals surface area contributed by atoms with Gasteiger partial charge in [-0.15, -0.1) is 11.8 Å². The third kappa shape index (κ3) is 3.21. The molecule has 2 aromatic rings. The second kappa shape index (κ2) is 6.92. The van der Waals surface area contributed by atoms with Gasteiger partial charge in [0, 0.05) is 17.8 Å². The van der Waals surface area contributed by atoms with Gasteiger partial charge in [0.1, 0.15) is 11.1 Å². The average Bonchev–Trinajstić information content (AvgIpc) is 2.97. The molecule has 7 heteroatoms. The number of rotatable bonds is 5. The van der Waals surface area contributed by atoms with Gasteiger partial charge in [-0.3, -0.25) is 19.8 Å². The van der Waals surface area contributed by atoms with Gasteiger partial charge in [0.25, 0.3) is 5.69 Å². The fraction of sp³-hybridized carbons (Fsp3) is 0.235. The number of benzene rings is 2. The summed E-state index contributed by atoms with van der Waals surface area (Å²) in [5.41, 5.74) is 1.70. The molecule has 6 nitrogen and oxygen atoms in total. The lowest BCUT2D eigenvalue weighted by molar-refractivity contribution is -0.384. The van der Waals surface area contributed by atoms with Gasteiger partial charge in [-0.1, -0.05) is 0 Å². The first-order chi connectivity index (χ1) is 11.6. The quantitative estimate of drug-likeness (QED) is 0.610.